The van der Waals surface area contributed by atoms with Crippen molar-refractivity contribution in [2.75, 3.05) is 0 Å². The molecular formula is C13H8F2N2S. The van der Waals surface area contributed by atoms with Crippen molar-refractivity contribution < 1.29 is 8.78 Å². The van der Waals surface area contributed by atoms with Crippen LogP contribution in [0, 0.1) is 16.4 Å². The third kappa shape index (κ3) is 1.64. The molecule has 1 heterocycles. The highest BCUT2D eigenvalue weighted by molar-refractivity contribution is 7.71. The first kappa shape index (κ1) is 11.1. The van der Waals surface area contributed by atoms with Crippen LogP contribution in [-0.4, -0.2) is 9.55 Å². The Kier molecular flexibility index (Phi) is 2.48. The highest BCUT2D eigenvalue weighted by Crippen LogP contribution is 2.22. The number of rotatable bonds is 1. The van der Waals surface area contributed by atoms with Gasteiger partial charge in [-0.1, -0.05) is 18.2 Å². The Labute approximate surface area is 106 Å². The van der Waals surface area contributed by atoms with E-state index in [0.29, 0.717) is 10.3 Å². The Morgan fingerprint density at radius 2 is 1.78 bits per heavy atom. The van der Waals surface area contributed by atoms with E-state index in [0.717, 1.165) is 11.8 Å². The summed E-state index contributed by atoms with van der Waals surface area (Å²) in [5.41, 5.74) is 1.37. The second kappa shape index (κ2) is 4.03. The van der Waals surface area contributed by atoms with Crippen LogP contribution >= 0.6 is 12.2 Å². The van der Waals surface area contributed by atoms with Crippen LogP contribution < -0.4 is 0 Å². The fourth-order valence-corrected chi connectivity index (χ4v) is 2.27. The van der Waals surface area contributed by atoms with E-state index >= 15 is 0 Å². The summed E-state index contributed by atoms with van der Waals surface area (Å²) >= 11 is 5.16. The van der Waals surface area contributed by atoms with Crippen molar-refractivity contribution in [1.29, 1.82) is 0 Å². The molecule has 2 aromatic carbocycles. The highest BCUT2D eigenvalue weighted by atomic mass is 32.1. The Bertz CT molecular complexity index is 775. The molecule has 90 valence electrons. The summed E-state index contributed by atoms with van der Waals surface area (Å²) in [5.74, 6) is -1.27. The van der Waals surface area contributed by atoms with Gasteiger partial charge in [-0.15, -0.1) is 0 Å². The second-order valence-corrected chi connectivity index (χ2v) is 4.27. The van der Waals surface area contributed by atoms with Crippen LogP contribution in [0.1, 0.15) is 0 Å². The molecule has 0 saturated carbocycles. The maximum Gasteiger partial charge on any atom is 0.182 e. The van der Waals surface area contributed by atoms with E-state index in [9.17, 15) is 8.78 Å². The molecule has 1 N–H and O–H groups in total. The lowest BCUT2D eigenvalue weighted by Gasteiger charge is -2.04. The van der Waals surface area contributed by atoms with Gasteiger partial charge in [-0.25, -0.2) is 8.78 Å². The molecule has 0 atom stereocenters. The van der Waals surface area contributed by atoms with Gasteiger partial charge in [-0.3, -0.25) is 4.57 Å². The van der Waals surface area contributed by atoms with Gasteiger partial charge < -0.3 is 4.98 Å². The molecule has 3 aromatic rings. The van der Waals surface area contributed by atoms with Gasteiger partial charge in [0, 0.05) is 17.8 Å². The number of hydrogen-bond acceptors (Lipinski definition) is 1. The lowest BCUT2D eigenvalue weighted by Crippen LogP contribution is -1.94. The Balaban J connectivity index is 2.43. The van der Waals surface area contributed by atoms with Crippen LogP contribution in [0.15, 0.2) is 42.5 Å². The van der Waals surface area contributed by atoms with Crippen LogP contribution in [0.2, 0.25) is 0 Å². The molecule has 5 heteroatoms. The molecule has 0 aliphatic carbocycles. The molecule has 0 radical (unpaired) electrons. The van der Waals surface area contributed by atoms with Gasteiger partial charge >= 0.3 is 0 Å². The predicted molar refractivity (Wildman–Crippen MR) is 68.4 cm³/mol. The molecule has 3 rings (SSSR count). The maximum atomic E-state index is 13.6. The van der Waals surface area contributed by atoms with Gasteiger partial charge in [-0.05, 0) is 24.4 Å². The second-order valence-electron chi connectivity index (χ2n) is 3.88. The van der Waals surface area contributed by atoms with Crippen molar-refractivity contribution in [3.63, 3.8) is 0 Å². The number of benzene rings is 2. The van der Waals surface area contributed by atoms with Crippen molar-refractivity contribution in [1.82, 2.24) is 9.55 Å². The van der Waals surface area contributed by atoms with Gasteiger partial charge in [0.1, 0.15) is 11.3 Å². The Hall–Kier alpha value is -2.01. The fraction of sp³-hybridized carbons (Fsp3) is 0. The normalized spacial score (nSPS) is 11.0. The molecule has 0 unspecified atom stereocenters. The molecule has 18 heavy (non-hydrogen) atoms. The van der Waals surface area contributed by atoms with E-state index in [2.05, 4.69) is 4.98 Å². The minimum atomic E-state index is -0.647. The third-order valence-electron chi connectivity index (χ3n) is 2.72. The summed E-state index contributed by atoms with van der Waals surface area (Å²) < 4.78 is 28.9. The average molecular weight is 262 g/mol. The number of aromatic amines is 1. The zero-order valence-electron chi connectivity index (χ0n) is 9.15. The monoisotopic (exact) mass is 262 g/mol. The maximum absolute atomic E-state index is 13.6. The Morgan fingerprint density at radius 1 is 1.06 bits per heavy atom. The van der Waals surface area contributed by atoms with E-state index in [-0.39, 0.29) is 5.52 Å². The molecule has 0 aliphatic heterocycles. The van der Waals surface area contributed by atoms with Gasteiger partial charge in [0.25, 0.3) is 0 Å². The largest absolute Gasteiger partial charge is 0.328 e. The Morgan fingerprint density at radius 3 is 2.50 bits per heavy atom. The molecule has 0 amide bonds. The number of imidazole rings is 1. The zero-order valence-corrected chi connectivity index (χ0v) is 9.97. The molecule has 0 spiro atoms. The number of halogens is 2. The van der Waals surface area contributed by atoms with E-state index in [1.807, 2.05) is 30.3 Å². The number of fused-ring (bicyclic) bond motifs is 1. The number of nitrogens with zero attached hydrogens (tertiary/aromatic N) is 1. The number of nitrogens with one attached hydrogen (secondary N) is 1. The van der Waals surface area contributed by atoms with Crippen LogP contribution in [0.3, 0.4) is 0 Å². The third-order valence-corrected chi connectivity index (χ3v) is 3.01. The molecule has 1 aromatic heterocycles. The zero-order chi connectivity index (χ0) is 12.7. The van der Waals surface area contributed by atoms with E-state index in [1.54, 1.807) is 4.57 Å². The van der Waals surface area contributed by atoms with E-state index in [1.165, 1.54) is 6.07 Å². The number of aromatic nitrogens is 2. The van der Waals surface area contributed by atoms with Gasteiger partial charge in [-0.2, -0.15) is 0 Å². The fourth-order valence-electron chi connectivity index (χ4n) is 1.97. The van der Waals surface area contributed by atoms with E-state index < -0.39 is 11.6 Å². The first-order chi connectivity index (χ1) is 8.66. The van der Waals surface area contributed by atoms with E-state index in [4.69, 9.17) is 12.2 Å². The lowest BCUT2D eigenvalue weighted by atomic mass is 10.2. The summed E-state index contributed by atoms with van der Waals surface area (Å²) in [5, 5.41) is 0. The van der Waals surface area contributed by atoms with Crippen molar-refractivity contribution in [3.8, 4) is 5.69 Å². The summed E-state index contributed by atoms with van der Waals surface area (Å²) in [6.45, 7) is 0. The van der Waals surface area contributed by atoms with Gasteiger partial charge in [0.15, 0.2) is 10.6 Å². The van der Waals surface area contributed by atoms with Crippen LogP contribution in [0.25, 0.3) is 16.7 Å². The molecule has 2 nitrogen and oxygen atoms in total. The van der Waals surface area contributed by atoms with Crippen molar-refractivity contribution >= 4 is 23.3 Å². The van der Waals surface area contributed by atoms with Crippen LogP contribution in [0.4, 0.5) is 8.78 Å². The number of hydrogen-bond donors (Lipinski definition) is 1. The summed E-state index contributed by atoms with van der Waals surface area (Å²) in [4.78, 5) is 2.76. The molecule has 0 aliphatic rings. The van der Waals surface area contributed by atoms with Crippen molar-refractivity contribution in [3.05, 3.63) is 58.9 Å². The van der Waals surface area contributed by atoms with Crippen molar-refractivity contribution in [2.24, 2.45) is 0 Å². The SMILES string of the molecule is Fc1cc(F)c2[nH]c(=S)n(-c3ccccc3)c2c1. The minimum Gasteiger partial charge on any atom is -0.328 e. The lowest BCUT2D eigenvalue weighted by molar-refractivity contribution is 0.590. The topological polar surface area (TPSA) is 20.7 Å². The predicted octanol–water partition coefficient (Wildman–Crippen LogP) is 3.97. The first-order valence-corrected chi connectivity index (χ1v) is 5.73. The van der Waals surface area contributed by atoms with Gasteiger partial charge in [0.05, 0.1) is 5.52 Å². The number of para-hydroxylation sites is 1. The number of H-pyrrole nitrogens is 1. The first-order valence-electron chi connectivity index (χ1n) is 5.32. The minimum absolute atomic E-state index is 0.213. The molecule has 0 saturated heterocycles. The smallest absolute Gasteiger partial charge is 0.182 e. The summed E-state index contributed by atoms with van der Waals surface area (Å²) in [7, 11) is 0. The standard InChI is InChI=1S/C13H8F2N2S/c14-8-6-10(15)12-11(7-8)17(13(18)16-12)9-4-2-1-3-5-9/h1-7H,(H,16,18). The van der Waals surface area contributed by atoms with Crippen LogP contribution in [-0.2, 0) is 0 Å². The quantitative estimate of drug-likeness (QED) is 0.658. The summed E-state index contributed by atoms with van der Waals surface area (Å²) in [6, 6.07) is 11.3. The molecular weight excluding hydrogens is 254 g/mol. The van der Waals surface area contributed by atoms with Gasteiger partial charge in [0.2, 0.25) is 0 Å². The average Bonchev–Trinajstić information content (AvgIpc) is 2.67. The molecule has 0 fully saturated rings. The summed E-state index contributed by atoms with van der Waals surface area (Å²) in [6.07, 6.45) is 0. The van der Waals surface area contributed by atoms with Crippen molar-refractivity contribution in [2.45, 2.75) is 0 Å². The highest BCUT2D eigenvalue weighted by Gasteiger charge is 2.11. The molecule has 0 bridgehead atoms. The van der Waals surface area contributed by atoms with Crippen LogP contribution in [0.5, 0.6) is 0 Å².